The highest BCUT2D eigenvalue weighted by atomic mass is 16.6. The molecule has 28 heavy (non-hydrogen) atoms. The van der Waals surface area contributed by atoms with Crippen molar-refractivity contribution in [2.75, 3.05) is 0 Å². The average Bonchev–Trinajstić information content (AvgIpc) is 2.69. The van der Waals surface area contributed by atoms with Crippen LogP contribution in [0.25, 0.3) is 0 Å². The smallest absolute Gasteiger partial charge is 0.408 e. The topological polar surface area (TPSA) is 102 Å². The molecule has 0 aliphatic heterocycles. The summed E-state index contributed by atoms with van der Waals surface area (Å²) in [6.07, 6.45) is 0.371. The Bertz CT molecular complexity index is 644. The van der Waals surface area contributed by atoms with Gasteiger partial charge in [-0.15, -0.1) is 0 Å². The minimum Gasteiger partial charge on any atom is -0.479 e. The minimum atomic E-state index is -2.19. The van der Waals surface area contributed by atoms with Crippen LogP contribution < -0.4 is 5.32 Å². The summed E-state index contributed by atoms with van der Waals surface area (Å²) in [4.78, 5) is 37.3. The number of hydrogen-bond donors (Lipinski definition) is 2. The Balaban J connectivity index is 3.03. The Morgan fingerprint density at radius 3 is 2.18 bits per heavy atom. The lowest BCUT2D eigenvalue weighted by molar-refractivity contribution is -0.167. The lowest BCUT2D eigenvalue weighted by Gasteiger charge is -2.31. The summed E-state index contributed by atoms with van der Waals surface area (Å²) in [5, 5.41) is 12.2. The molecule has 2 unspecified atom stereocenters. The highest BCUT2D eigenvalue weighted by molar-refractivity contribution is 6.06. The zero-order valence-corrected chi connectivity index (χ0v) is 17.1. The van der Waals surface area contributed by atoms with Crippen molar-refractivity contribution in [3.8, 4) is 0 Å². The first-order valence-electron chi connectivity index (χ1n) is 9.72. The van der Waals surface area contributed by atoms with E-state index in [1.807, 2.05) is 26.8 Å². The van der Waals surface area contributed by atoms with Gasteiger partial charge in [0.2, 0.25) is 5.54 Å². The fourth-order valence-corrected chi connectivity index (χ4v) is 2.72. The van der Waals surface area contributed by atoms with Gasteiger partial charge in [0.25, 0.3) is 0 Å². The van der Waals surface area contributed by atoms with Gasteiger partial charge in [0.05, 0.1) is 6.10 Å². The highest BCUT2D eigenvalue weighted by Crippen LogP contribution is 2.25. The van der Waals surface area contributed by atoms with E-state index in [0.29, 0.717) is 19.3 Å². The summed E-state index contributed by atoms with van der Waals surface area (Å²) in [7, 11) is 0. The van der Waals surface area contributed by atoms with E-state index in [0.717, 1.165) is 5.56 Å². The van der Waals surface area contributed by atoms with Crippen molar-refractivity contribution in [3.05, 3.63) is 35.9 Å². The minimum absolute atomic E-state index is 0.0340. The van der Waals surface area contributed by atoms with Gasteiger partial charge in [-0.1, -0.05) is 63.9 Å². The molecule has 0 bridgehead atoms. The van der Waals surface area contributed by atoms with Crippen LogP contribution in [0.1, 0.15) is 58.9 Å². The van der Waals surface area contributed by atoms with Crippen LogP contribution in [0.3, 0.4) is 0 Å². The molecule has 0 radical (unpaired) electrons. The number of rotatable bonds is 11. The van der Waals surface area contributed by atoms with Crippen LogP contribution in [0.4, 0.5) is 4.79 Å². The Morgan fingerprint density at radius 1 is 1.07 bits per heavy atom. The van der Waals surface area contributed by atoms with Crippen molar-refractivity contribution >= 4 is 18.0 Å². The molecule has 1 amide bonds. The lowest BCUT2D eigenvalue weighted by atomic mass is 9.84. The third kappa shape index (κ3) is 6.55. The zero-order valence-electron chi connectivity index (χ0n) is 17.1. The van der Waals surface area contributed by atoms with Crippen molar-refractivity contribution in [1.82, 2.24) is 5.32 Å². The molecule has 0 aromatic heterocycles. The van der Waals surface area contributed by atoms with Crippen LogP contribution in [-0.4, -0.2) is 34.8 Å². The fourth-order valence-electron chi connectivity index (χ4n) is 2.72. The molecule has 0 saturated carbocycles. The molecule has 0 spiro atoms. The van der Waals surface area contributed by atoms with Crippen LogP contribution in [0.5, 0.6) is 0 Å². The molecular weight excluding hydrogens is 362 g/mol. The Labute approximate surface area is 166 Å². The Kier molecular flexibility index (Phi) is 9.48. The van der Waals surface area contributed by atoms with Gasteiger partial charge < -0.3 is 14.6 Å². The number of benzene rings is 1. The maximum absolute atomic E-state index is 12.8. The molecule has 1 aromatic rings. The van der Waals surface area contributed by atoms with Crippen LogP contribution in [0, 0.1) is 5.92 Å². The van der Waals surface area contributed by atoms with E-state index in [9.17, 15) is 19.5 Å². The molecule has 7 heteroatoms. The first-order valence-corrected chi connectivity index (χ1v) is 9.72. The number of aliphatic carboxylic acids is 1. The monoisotopic (exact) mass is 393 g/mol. The van der Waals surface area contributed by atoms with Crippen LogP contribution >= 0.6 is 0 Å². The first kappa shape index (κ1) is 23.5. The van der Waals surface area contributed by atoms with Crippen molar-refractivity contribution in [2.45, 2.75) is 71.6 Å². The summed E-state index contributed by atoms with van der Waals surface area (Å²) in [6.45, 7) is 7.29. The molecule has 1 rings (SSSR count). The van der Waals surface area contributed by atoms with Crippen molar-refractivity contribution in [3.63, 3.8) is 0 Å². The number of carboxylic acid groups (broad SMARTS) is 1. The number of nitrogens with one attached hydrogen (secondary N) is 1. The molecule has 7 nitrogen and oxygen atoms in total. The highest BCUT2D eigenvalue weighted by Gasteiger charge is 2.51. The SMILES string of the molecule is CCC(CC)CC(NC(=O)OCc1ccccc1)(C(=O)O)C(=O)OC(C)CC. The van der Waals surface area contributed by atoms with Gasteiger partial charge in [0, 0.05) is 0 Å². The van der Waals surface area contributed by atoms with Gasteiger partial charge in [-0.2, -0.15) is 0 Å². The predicted molar refractivity (Wildman–Crippen MR) is 105 cm³/mol. The molecule has 0 aliphatic rings. The number of amides is 1. The molecular formula is C21H31NO6. The second-order valence-electron chi connectivity index (χ2n) is 6.91. The third-order valence-corrected chi connectivity index (χ3v) is 4.87. The van der Waals surface area contributed by atoms with Crippen LogP contribution in [-0.2, 0) is 25.7 Å². The summed E-state index contributed by atoms with van der Waals surface area (Å²) >= 11 is 0. The largest absolute Gasteiger partial charge is 0.479 e. The van der Waals surface area contributed by atoms with E-state index in [2.05, 4.69) is 5.32 Å². The van der Waals surface area contributed by atoms with Crippen molar-refractivity contribution in [1.29, 1.82) is 0 Å². The molecule has 2 N–H and O–H groups in total. The fraction of sp³-hybridized carbons (Fsp3) is 0.571. The number of hydrogen-bond acceptors (Lipinski definition) is 5. The Morgan fingerprint density at radius 2 is 1.68 bits per heavy atom. The normalized spacial score (nSPS) is 14.0. The molecule has 0 fully saturated rings. The number of esters is 1. The number of carbonyl (C=O) groups is 3. The Hall–Kier alpha value is -2.57. The summed E-state index contributed by atoms with van der Waals surface area (Å²) in [5.41, 5.74) is -1.44. The van der Waals surface area contributed by atoms with Gasteiger partial charge in [-0.3, -0.25) is 5.32 Å². The van der Waals surface area contributed by atoms with E-state index in [-0.39, 0.29) is 18.9 Å². The van der Waals surface area contributed by atoms with Crippen LogP contribution in [0.2, 0.25) is 0 Å². The average molecular weight is 393 g/mol. The maximum atomic E-state index is 12.8. The molecule has 0 heterocycles. The summed E-state index contributed by atoms with van der Waals surface area (Å²) in [5.74, 6) is -2.50. The van der Waals surface area contributed by atoms with E-state index in [1.165, 1.54) is 0 Å². The van der Waals surface area contributed by atoms with Gasteiger partial charge in [0.15, 0.2) is 0 Å². The molecule has 0 saturated heterocycles. The number of ether oxygens (including phenoxy) is 2. The van der Waals surface area contributed by atoms with Crippen LogP contribution in [0.15, 0.2) is 30.3 Å². The quantitative estimate of drug-likeness (QED) is 0.437. The number of carbonyl (C=O) groups excluding carboxylic acids is 2. The standard InChI is InChI=1S/C21H31NO6/c1-5-15(4)28-19(25)21(18(23)24,13-16(6-2)7-3)22-20(26)27-14-17-11-9-8-10-12-17/h8-12,15-16H,5-7,13-14H2,1-4H3,(H,22,26)(H,23,24). The van der Waals surface area contributed by atoms with E-state index in [1.54, 1.807) is 31.2 Å². The maximum Gasteiger partial charge on any atom is 0.408 e. The van der Waals surface area contributed by atoms with E-state index in [4.69, 9.17) is 9.47 Å². The molecule has 1 aromatic carbocycles. The van der Waals surface area contributed by atoms with E-state index < -0.39 is 29.7 Å². The summed E-state index contributed by atoms with van der Waals surface area (Å²) < 4.78 is 10.4. The molecule has 0 aliphatic carbocycles. The van der Waals surface area contributed by atoms with Gasteiger partial charge in [-0.05, 0) is 31.2 Å². The van der Waals surface area contributed by atoms with Gasteiger partial charge in [-0.25, -0.2) is 14.4 Å². The number of carboxylic acids is 1. The molecule has 2 atom stereocenters. The second-order valence-corrected chi connectivity index (χ2v) is 6.91. The van der Waals surface area contributed by atoms with E-state index >= 15 is 0 Å². The summed E-state index contributed by atoms with van der Waals surface area (Å²) in [6, 6.07) is 8.99. The third-order valence-electron chi connectivity index (χ3n) is 4.87. The van der Waals surface area contributed by atoms with Crippen molar-refractivity contribution in [2.24, 2.45) is 5.92 Å². The second kappa shape index (κ2) is 11.3. The zero-order chi connectivity index (χ0) is 21.2. The predicted octanol–water partition coefficient (Wildman–Crippen LogP) is 3.90. The van der Waals surface area contributed by atoms with Crippen molar-refractivity contribution < 1.29 is 29.0 Å². The first-order chi connectivity index (χ1) is 13.3. The molecule has 156 valence electrons. The lowest BCUT2D eigenvalue weighted by Crippen LogP contribution is -2.62. The van der Waals surface area contributed by atoms with Gasteiger partial charge in [0.1, 0.15) is 6.61 Å². The van der Waals surface area contributed by atoms with Gasteiger partial charge >= 0.3 is 18.0 Å². The number of alkyl carbamates (subject to hydrolysis) is 1.